The van der Waals surface area contributed by atoms with Crippen molar-refractivity contribution in [3.63, 3.8) is 0 Å². The number of carboxylic acid groups (broad SMARTS) is 1. The maximum absolute atomic E-state index is 10.8. The molecule has 12 heavy (non-hydrogen) atoms. The second kappa shape index (κ2) is 3.91. The van der Waals surface area contributed by atoms with Crippen LogP contribution in [-0.2, 0) is 6.22 Å². The van der Waals surface area contributed by atoms with Crippen molar-refractivity contribution >= 4 is 51.2 Å². The molecular weight excluding hydrogens is 382 g/mol. The molecule has 0 saturated heterocycles. The van der Waals surface area contributed by atoms with Crippen LogP contribution in [0, 0.1) is 0 Å². The first-order chi connectivity index (χ1) is 5.55. The van der Waals surface area contributed by atoms with Crippen molar-refractivity contribution in [2.45, 2.75) is 1.43 Å². The highest BCUT2D eigenvalue weighted by molar-refractivity contribution is 14.2. The van der Waals surface area contributed by atoms with Gasteiger partial charge in [0, 0.05) is 0 Å². The minimum absolute atomic E-state index is 0.804. The van der Waals surface area contributed by atoms with Gasteiger partial charge in [-0.05, 0) is 50.7 Å². The molecule has 0 fully saturated rings. The van der Waals surface area contributed by atoms with Gasteiger partial charge in [-0.2, -0.15) is 0 Å². The minimum atomic E-state index is -0.850. The SMILES string of the molecule is O=C(O)C(I)(I)c1ccccc1. The maximum Gasteiger partial charge on any atom is 0.334 e. The summed E-state index contributed by atoms with van der Waals surface area (Å²) < 4.78 is -0.850. The van der Waals surface area contributed by atoms with Crippen molar-refractivity contribution in [2.24, 2.45) is 0 Å². The van der Waals surface area contributed by atoms with Crippen molar-refractivity contribution in [1.29, 1.82) is 0 Å². The summed E-state index contributed by atoms with van der Waals surface area (Å²) in [5.41, 5.74) is 0.804. The van der Waals surface area contributed by atoms with Gasteiger partial charge < -0.3 is 5.11 Å². The Balaban J connectivity index is 3.06. The van der Waals surface area contributed by atoms with Crippen molar-refractivity contribution < 1.29 is 9.90 Å². The molecule has 0 aliphatic carbocycles. The average molecular weight is 388 g/mol. The third-order valence-corrected chi connectivity index (χ3v) is 3.57. The second-order valence-corrected chi connectivity index (χ2v) is 7.55. The van der Waals surface area contributed by atoms with E-state index < -0.39 is 7.40 Å². The molecule has 0 spiro atoms. The Labute approximate surface area is 97.6 Å². The molecule has 64 valence electrons. The van der Waals surface area contributed by atoms with Crippen molar-refractivity contribution in [2.75, 3.05) is 0 Å². The largest absolute Gasteiger partial charge is 0.479 e. The molecule has 0 radical (unpaired) electrons. The normalized spacial score (nSPS) is 11.2. The number of carboxylic acids is 1. The van der Waals surface area contributed by atoms with Crippen LogP contribution in [0.25, 0.3) is 0 Å². The van der Waals surface area contributed by atoms with Crippen LogP contribution in [-0.4, -0.2) is 11.1 Å². The van der Waals surface area contributed by atoms with E-state index in [1.165, 1.54) is 0 Å². The van der Waals surface area contributed by atoms with Gasteiger partial charge >= 0.3 is 5.97 Å². The van der Waals surface area contributed by atoms with Crippen LogP contribution in [0.1, 0.15) is 5.56 Å². The van der Waals surface area contributed by atoms with Gasteiger partial charge in [-0.1, -0.05) is 30.3 Å². The monoisotopic (exact) mass is 388 g/mol. The Morgan fingerprint density at radius 1 is 1.25 bits per heavy atom. The number of hydrogen-bond donors (Lipinski definition) is 1. The van der Waals surface area contributed by atoms with Gasteiger partial charge in [-0.3, -0.25) is 0 Å². The zero-order chi connectivity index (χ0) is 9.19. The molecular formula is C8H6I2O2. The molecule has 0 aliphatic rings. The van der Waals surface area contributed by atoms with Gasteiger partial charge in [0.1, 0.15) is 0 Å². The van der Waals surface area contributed by atoms with Crippen LogP contribution in [0.5, 0.6) is 0 Å². The Morgan fingerprint density at radius 2 is 1.75 bits per heavy atom. The first-order valence-corrected chi connectivity index (χ1v) is 5.37. The second-order valence-electron chi connectivity index (χ2n) is 2.25. The zero-order valence-corrected chi connectivity index (χ0v) is 10.3. The van der Waals surface area contributed by atoms with E-state index in [4.69, 9.17) is 5.11 Å². The van der Waals surface area contributed by atoms with E-state index in [0.29, 0.717) is 0 Å². The predicted molar refractivity (Wildman–Crippen MR) is 63.8 cm³/mol. The van der Waals surface area contributed by atoms with Crippen LogP contribution < -0.4 is 0 Å². The molecule has 4 heteroatoms. The highest BCUT2D eigenvalue weighted by Crippen LogP contribution is 2.39. The van der Waals surface area contributed by atoms with Crippen LogP contribution in [0.4, 0.5) is 0 Å². The fourth-order valence-electron chi connectivity index (χ4n) is 0.771. The summed E-state index contributed by atoms with van der Waals surface area (Å²) in [6.45, 7) is 0. The number of alkyl halides is 2. The van der Waals surface area contributed by atoms with E-state index in [1.54, 1.807) is 0 Å². The molecule has 1 rings (SSSR count). The highest BCUT2D eigenvalue weighted by atomic mass is 127. The summed E-state index contributed by atoms with van der Waals surface area (Å²) in [5.74, 6) is -0.824. The third kappa shape index (κ3) is 2.09. The lowest BCUT2D eigenvalue weighted by Gasteiger charge is -2.14. The summed E-state index contributed by atoms with van der Waals surface area (Å²) in [7, 11) is 0. The fraction of sp³-hybridized carbons (Fsp3) is 0.125. The van der Waals surface area contributed by atoms with Gasteiger partial charge in [0.05, 0.1) is 0 Å². The standard InChI is InChI=1S/C8H6I2O2/c9-8(10,7(11)12)6-4-2-1-3-5-6/h1-5H,(H,11,12). The summed E-state index contributed by atoms with van der Waals surface area (Å²) in [5, 5.41) is 8.88. The molecule has 0 bridgehead atoms. The predicted octanol–water partition coefficient (Wildman–Crippen LogP) is 2.79. The topological polar surface area (TPSA) is 37.3 Å². The number of rotatable bonds is 2. The summed E-state index contributed by atoms with van der Waals surface area (Å²) in [6.07, 6.45) is 0. The van der Waals surface area contributed by atoms with E-state index >= 15 is 0 Å². The Kier molecular flexibility index (Phi) is 3.33. The quantitative estimate of drug-likeness (QED) is 0.626. The lowest BCUT2D eigenvalue weighted by Crippen LogP contribution is -2.20. The lowest BCUT2D eigenvalue weighted by molar-refractivity contribution is -0.136. The van der Waals surface area contributed by atoms with Gasteiger partial charge in [0.25, 0.3) is 0 Å². The molecule has 0 heterocycles. The molecule has 0 saturated carbocycles. The van der Waals surface area contributed by atoms with Gasteiger partial charge in [-0.15, -0.1) is 0 Å². The smallest absolute Gasteiger partial charge is 0.334 e. The van der Waals surface area contributed by atoms with E-state index in [1.807, 2.05) is 75.5 Å². The molecule has 0 amide bonds. The van der Waals surface area contributed by atoms with E-state index in [-0.39, 0.29) is 0 Å². The summed E-state index contributed by atoms with van der Waals surface area (Å²) >= 11 is 3.84. The average Bonchev–Trinajstić information content (AvgIpc) is 2.06. The molecule has 2 nitrogen and oxygen atoms in total. The molecule has 1 aromatic rings. The summed E-state index contributed by atoms with van der Waals surface area (Å²) in [4.78, 5) is 10.8. The van der Waals surface area contributed by atoms with E-state index in [9.17, 15) is 4.79 Å². The van der Waals surface area contributed by atoms with Crippen molar-refractivity contribution in [3.05, 3.63) is 35.9 Å². The van der Waals surface area contributed by atoms with Gasteiger partial charge in [0.15, 0.2) is 1.43 Å². The molecule has 1 N–H and O–H groups in total. The molecule has 0 aliphatic heterocycles. The first kappa shape index (κ1) is 10.2. The molecule has 0 unspecified atom stereocenters. The van der Waals surface area contributed by atoms with E-state index in [0.717, 1.165) is 5.56 Å². The fourth-order valence-corrected chi connectivity index (χ4v) is 1.49. The Morgan fingerprint density at radius 3 is 2.17 bits per heavy atom. The molecule has 0 atom stereocenters. The lowest BCUT2D eigenvalue weighted by atomic mass is 10.2. The van der Waals surface area contributed by atoms with Crippen molar-refractivity contribution in [1.82, 2.24) is 0 Å². The van der Waals surface area contributed by atoms with Crippen LogP contribution in [0.2, 0.25) is 0 Å². The van der Waals surface area contributed by atoms with Crippen LogP contribution in [0.15, 0.2) is 30.3 Å². The number of carbonyl (C=O) groups is 1. The highest BCUT2D eigenvalue weighted by Gasteiger charge is 2.33. The van der Waals surface area contributed by atoms with Gasteiger partial charge in [-0.25, -0.2) is 4.79 Å². The maximum atomic E-state index is 10.8. The molecule has 1 aromatic carbocycles. The van der Waals surface area contributed by atoms with Crippen molar-refractivity contribution in [3.8, 4) is 0 Å². The van der Waals surface area contributed by atoms with Crippen LogP contribution >= 0.6 is 45.2 Å². The number of aliphatic carboxylic acids is 1. The Hall–Kier alpha value is 0.150. The third-order valence-electron chi connectivity index (χ3n) is 1.40. The number of hydrogen-bond acceptors (Lipinski definition) is 1. The van der Waals surface area contributed by atoms with Crippen LogP contribution in [0.3, 0.4) is 0 Å². The molecule has 0 aromatic heterocycles. The Bertz CT molecular complexity index is 282. The minimum Gasteiger partial charge on any atom is -0.479 e. The van der Waals surface area contributed by atoms with E-state index in [2.05, 4.69) is 0 Å². The number of halogens is 2. The zero-order valence-electron chi connectivity index (χ0n) is 6.00. The first-order valence-electron chi connectivity index (χ1n) is 3.22. The summed E-state index contributed by atoms with van der Waals surface area (Å²) in [6, 6.07) is 9.17. The number of benzene rings is 1. The van der Waals surface area contributed by atoms with Gasteiger partial charge in [0.2, 0.25) is 0 Å².